The van der Waals surface area contributed by atoms with E-state index in [1.165, 1.54) is 11.8 Å². The van der Waals surface area contributed by atoms with Gasteiger partial charge in [-0.05, 0) is 49.2 Å². The average Bonchev–Trinajstić information content (AvgIpc) is 3.44. The van der Waals surface area contributed by atoms with E-state index in [9.17, 15) is 4.79 Å². The smallest absolute Gasteiger partial charge is 0.234 e. The number of hydrogen-bond acceptors (Lipinski definition) is 6. The Morgan fingerprint density at radius 1 is 1.07 bits per heavy atom. The van der Waals surface area contributed by atoms with Crippen molar-refractivity contribution in [2.75, 3.05) is 11.1 Å². The molecule has 27 heavy (non-hydrogen) atoms. The zero-order valence-electron chi connectivity index (χ0n) is 14.5. The third-order valence-electron chi connectivity index (χ3n) is 4.00. The van der Waals surface area contributed by atoms with Crippen LogP contribution in [0, 0.1) is 0 Å². The minimum Gasteiger partial charge on any atom is -0.325 e. The van der Waals surface area contributed by atoms with Gasteiger partial charge in [0.1, 0.15) is 6.33 Å². The van der Waals surface area contributed by atoms with Gasteiger partial charge in [0.25, 0.3) is 0 Å². The molecule has 1 heterocycles. The van der Waals surface area contributed by atoms with Crippen molar-refractivity contribution < 1.29 is 4.79 Å². The van der Waals surface area contributed by atoms with Gasteiger partial charge in [-0.1, -0.05) is 30.0 Å². The van der Waals surface area contributed by atoms with Crippen LogP contribution in [-0.4, -0.2) is 26.4 Å². The number of nitrogens with zero attached hydrogens (tertiary/aromatic N) is 5. The monoisotopic (exact) mass is 378 g/mol. The molecule has 0 atom stereocenters. The molecule has 0 saturated heterocycles. The molecule has 0 aliphatic heterocycles. The molecule has 0 spiro atoms. The first kappa shape index (κ1) is 17.4. The first-order valence-corrected chi connectivity index (χ1v) is 9.65. The zero-order chi connectivity index (χ0) is 18.5. The largest absolute Gasteiger partial charge is 0.325 e. The Morgan fingerprint density at radius 2 is 1.78 bits per heavy atom. The van der Waals surface area contributed by atoms with Gasteiger partial charge in [-0.2, -0.15) is 10.2 Å². The van der Waals surface area contributed by atoms with Gasteiger partial charge in [-0.3, -0.25) is 4.79 Å². The van der Waals surface area contributed by atoms with E-state index >= 15 is 0 Å². The van der Waals surface area contributed by atoms with Crippen molar-refractivity contribution in [1.29, 1.82) is 0 Å². The second-order valence-corrected chi connectivity index (χ2v) is 7.11. The molecule has 2 aromatic carbocycles. The molecule has 1 aliphatic carbocycles. The number of hydrogen-bond donors (Lipinski definition) is 1. The van der Waals surface area contributed by atoms with Gasteiger partial charge >= 0.3 is 0 Å². The average molecular weight is 378 g/mol. The fourth-order valence-electron chi connectivity index (χ4n) is 2.49. The van der Waals surface area contributed by atoms with Crippen LogP contribution in [0.4, 0.5) is 17.1 Å². The van der Waals surface area contributed by atoms with Crippen LogP contribution in [0.5, 0.6) is 0 Å². The number of aromatic nitrogens is 3. The van der Waals surface area contributed by atoms with Crippen LogP contribution < -0.4 is 5.32 Å². The molecule has 4 rings (SSSR count). The Balaban J connectivity index is 1.29. The van der Waals surface area contributed by atoms with Crippen LogP contribution in [0.15, 0.2) is 76.3 Å². The standard InChI is InChI=1S/C19H18N6OS/c26-18(12-27-19-24-20-13-25(19)17-10-11-17)21-14-6-8-16(9-7-14)23-22-15-4-2-1-3-5-15/h1-9,13,17H,10-12H2,(H,21,26). The van der Waals surface area contributed by atoms with Crippen LogP contribution in [0.2, 0.25) is 0 Å². The van der Waals surface area contributed by atoms with Crippen LogP contribution in [0.1, 0.15) is 18.9 Å². The lowest BCUT2D eigenvalue weighted by atomic mass is 10.3. The summed E-state index contributed by atoms with van der Waals surface area (Å²) in [6.07, 6.45) is 4.05. The predicted molar refractivity (Wildman–Crippen MR) is 105 cm³/mol. The highest BCUT2D eigenvalue weighted by Crippen LogP contribution is 2.37. The number of azo groups is 1. The molecule has 1 fully saturated rings. The maximum atomic E-state index is 12.2. The van der Waals surface area contributed by atoms with E-state index in [-0.39, 0.29) is 5.91 Å². The number of anilines is 1. The zero-order valence-corrected chi connectivity index (χ0v) is 15.3. The SMILES string of the molecule is O=C(CSc1nncn1C1CC1)Nc1ccc(N=Nc2ccccc2)cc1. The van der Waals surface area contributed by atoms with Gasteiger partial charge in [0.05, 0.1) is 17.1 Å². The molecular formula is C19H18N6OS. The molecule has 0 unspecified atom stereocenters. The topological polar surface area (TPSA) is 84.5 Å². The highest BCUT2D eigenvalue weighted by molar-refractivity contribution is 7.99. The maximum absolute atomic E-state index is 12.2. The molecule has 1 N–H and O–H groups in total. The van der Waals surface area contributed by atoms with Gasteiger partial charge < -0.3 is 9.88 Å². The fourth-order valence-corrected chi connectivity index (χ4v) is 3.27. The van der Waals surface area contributed by atoms with Crippen LogP contribution in [0.3, 0.4) is 0 Å². The van der Waals surface area contributed by atoms with Gasteiger partial charge in [0.15, 0.2) is 5.16 Å². The highest BCUT2D eigenvalue weighted by atomic mass is 32.2. The summed E-state index contributed by atoms with van der Waals surface area (Å²) in [5, 5.41) is 20.1. The summed E-state index contributed by atoms with van der Waals surface area (Å²) in [7, 11) is 0. The van der Waals surface area contributed by atoms with E-state index < -0.39 is 0 Å². The van der Waals surface area contributed by atoms with E-state index in [1.54, 1.807) is 6.33 Å². The first-order chi connectivity index (χ1) is 13.3. The molecule has 7 nitrogen and oxygen atoms in total. The number of nitrogens with one attached hydrogen (secondary N) is 1. The van der Waals surface area contributed by atoms with Crippen LogP contribution in [-0.2, 0) is 4.79 Å². The first-order valence-electron chi connectivity index (χ1n) is 8.67. The summed E-state index contributed by atoms with van der Waals surface area (Å²) in [5.74, 6) is 0.213. The van der Waals surface area contributed by atoms with Crippen LogP contribution >= 0.6 is 11.8 Å². The van der Waals surface area contributed by atoms with Gasteiger partial charge in [0, 0.05) is 11.7 Å². The van der Waals surface area contributed by atoms with E-state index in [0.29, 0.717) is 11.8 Å². The Morgan fingerprint density at radius 3 is 2.48 bits per heavy atom. The van der Waals surface area contributed by atoms with Crippen LogP contribution in [0.25, 0.3) is 0 Å². The third-order valence-corrected chi connectivity index (χ3v) is 4.96. The van der Waals surface area contributed by atoms with Crippen molar-refractivity contribution in [2.45, 2.75) is 24.0 Å². The van der Waals surface area contributed by atoms with Crippen molar-refractivity contribution in [1.82, 2.24) is 14.8 Å². The quantitative estimate of drug-likeness (QED) is 0.474. The van der Waals surface area contributed by atoms with Gasteiger partial charge in [-0.25, -0.2) is 0 Å². The lowest BCUT2D eigenvalue weighted by Crippen LogP contribution is -2.14. The summed E-state index contributed by atoms with van der Waals surface area (Å²) in [4.78, 5) is 12.2. The van der Waals surface area contributed by atoms with E-state index in [0.717, 1.165) is 35.1 Å². The number of benzene rings is 2. The minimum atomic E-state index is -0.0796. The highest BCUT2D eigenvalue weighted by Gasteiger charge is 2.26. The van der Waals surface area contributed by atoms with Crippen molar-refractivity contribution >= 4 is 34.7 Å². The summed E-state index contributed by atoms with van der Waals surface area (Å²) in [6, 6.07) is 17.3. The van der Waals surface area contributed by atoms with Gasteiger partial charge in [0.2, 0.25) is 5.91 Å². The lowest BCUT2D eigenvalue weighted by molar-refractivity contribution is -0.113. The number of rotatable bonds is 7. The van der Waals surface area contributed by atoms with Crippen molar-refractivity contribution in [3.63, 3.8) is 0 Å². The summed E-state index contributed by atoms with van der Waals surface area (Å²) in [6.45, 7) is 0. The molecule has 3 aromatic rings. The summed E-state index contributed by atoms with van der Waals surface area (Å²) >= 11 is 1.40. The maximum Gasteiger partial charge on any atom is 0.234 e. The molecule has 0 bridgehead atoms. The Labute approximate surface area is 160 Å². The third kappa shape index (κ3) is 4.79. The van der Waals surface area contributed by atoms with Crippen molar-refractivity contribution in [3.8, 4) is 0 Å². The number of thioether (sulfide) groups is 1. The minimum absolute atomic E-state index is 0.0796. The predicted octanol–water partition coefficient (Wildman–Crippen LogP) is 4.76. The Bertz CT molecular complexity index is 934. The molecule has 1 amide bonds. The van der Waals surface area contributed by atoms with Crippen molar-refractivity contribution in [3.05, 3.63) is 60.9 Å². The summed E-state index contributed by atoms with van der Waals surface area (Å²) < 4.78 is 2.05. The number of carbonyl (C=O) groups is 1. The van der Waals surface area contributed by atoms with E-state index in [1.807, 2.05) is 59.2 Å². The molecule has 8 heteroatoms. The molecule has 1 saturated carbocycles. The van der Waals surface area contributed by atoms with Gasteiger partial charge in [-0.15, -0.1) is 10.2 Å². The second-order valence-electron chi connectivity index (χ2n) is 6.17. The fraction of sp³-hybridized carbons (Fsp3) is 0.211. The molecule has 0 radical (unpaired) electrons. The normalized spacial score (nSPS) is 13.8. The number of amides is 1. The number of carbonyl (C=O) groups excluding carboxylic acids is 1. The van der Waals surface area contributed by atoms with E-state index in [2.05, 4.69) is 25.7 Å². The van der Waals surface area contributed by atoms with E-state index in [4.69, 9.17) is 0 Å². The Hall–Kier alpha value is -3.00. The molecule has 1 aromatic heterocycles. The summed E-state index contributed by atoms with van der Waals surface area (Å²) in [5.41, 5.74) is 2.25. The second kappa shape index (κ2) is 8.13. The lowest BCUT2D eigenvalue weighted by Gasteiger charge is -2.06. The molecule has 1 aliphatic rings. The molecular weight excluding hydrogens is 360 g/mol. The Kier molecular flexibility index (Phi) is 5.24. The van der Waals surface area contributed by atoms with Crippen molar-refractivity contribution in [2.24, 2.45) is 10.2 Å². The molecule has 136 valence electrons.